The van der Waals surface area contributed by atoms with Gasteiger partial charge in [0.1, 0.15) is 11.5 Å². The van der Waals surface area contributed by atoms with Gasteiger partial charge in [-0.1, -0.05) is 29.8 Å². The van der Waals surface area contributed by atoms with Gasteiger partial charge in [-0.15, -0.1) is 0 Å². The molecule has 0 atom stereocenters. The Balaban J connectivity index is 1.58. The van der Waals surface area contributed by atoms with Crippen molar-refractivity contribution in [3.63, 3.8) is 0 Å². The molecule has 2 amide bonds. The zero-order valence-electron chi connectivity index (χ0n) is 12.7. The lowest BCUT2D eigenvalue weighted by molar-refractivity contribution is 0.262. The molecule has 3 aromatic rings. The maximum Gasteiger partial charge on any atom is 0.323 e. The van der Waals surface area contributed by atoms with E-state index in [9.17, 15) is 4.79 Å². The Bertz CT molecular complexity index is 803. The van der Waals surface area contributed by atoms with E-state index in [0.717, 1.165) is 5.69 Å². The molecule has 0 saturated heterocycles. The third-order valence-electron chi connectivity index (χ3n) is 3.19. The van der Waals surface area contributed by atoms with Crippen molar-refractivity contribution in [3.8, 4) is 11.5 Å². The number of hydrogen-bond donors (Lipinski definition) is 2. The molecule has 0 bridgehead atoms. The van der Waals surface area contributed by atoms with E-state index in [-0.39, 0.29) is 6.03 Å². The van der Waals surface area contributed by atoms with Gasteiger partial charge in [0.05, 0.1) is 0 Å². The van der Waals surface area contributed by atoms with Crippen molar-refractivity contribution < 1.29 is 9.53 Å². The third kappa shape index (κ3) is 4.51. The number of rotatable bonds is 4. The van der Waals surface area contributed by atoms with Crippen molar-refractivity contribution in [1.29, 1.82) is 0 Å². The van der Waals surface area contributed by atoms with Gasteiger partial charge in [0.15, 0.2) is 0 Å². The number of ether oxygens (including phenoxy) is 1. The van der Waals surface area contributed by atoms with E-state index in [1.807, 2.05) is 30.3 Å². The molecule has 0 spiro atoms. The molecule has 0 radical (unpaired) electrons. The van der Waals surface area contributed by atoms with Gasteiger partial charge in [0, 0.05) is 16.4 Å². The van der Waals surface area contributed by atoms with Gasteiger partial charge in [-0.2, -0.15) is 0 Å². The van der Waals surface area contributed by atoms with Crippen molar-refractivity contribution in [2.75, 3.05) is 10.6 Å². The van der Waals surface area contributed by atoms with Crippen molar-refractivity contribution in [2.24, 2.45) is 0 Å². The first-order valence-corrected chi connectivity index (χ1v) is 7.73. The van der Waals surface area contributed by atoms with E-state index >= 15 is 0 Å². The van der Waals surface area contributed by atoms with E-state index < -0.39 is 0 Å². The largest absolute Gasteiger partial charge is 0.457 e. The van der Waals surface area contributed by atoms with Gasteiger partial charge in [-0.05, 0) is 60.7 Å². The second-order valence-corrected chi connectivity index (χ2v) is 5.46. The molecule has 3 aromatic carbocycles. The van der Waals surface area contributed by atoms with Gasteiger partial charge in [0.25, 0.3) is 0 Å². The maximum atomic E-state index is 11.9. The van der Waals surface area contributed by atoms with E-state index in [1.54, 1.807) is 48.5 Å². The number of halogens is 1. The molecular weight excluding hydrogens is 324 g/mol. The standard InChI is InChI=1S/C19H15ClN2O2/c20-14-6-10-17(11-7-14)24-18-12-8-16(9-13-18)22-19(23)21-15-4-2-1-3-5-15/h1-13H,(H2,21,22,23). The predicted molar refractivity (Wildman–Crippen MR) is 97.1 cm³/mol. The molecule has 0 heterocycles. The van der Waals surface area contributed by atoms with Gasteiger partial charge in [-0.25, -0.2) is 4.79 Å². The molecule has 24 heavy (non-hydrogen) atoms. The van der Waals surface area contributed by atoms with Crippen LogP contribution in [0.2, 0.25) is 5.02 Å². The highest BCUT2D eigenvalue weighted by Gasteiger charge is 2.03. The number of nitrogens with one attached hydrogen (secondary N) is 2. The first kappa shape index (κ1) is 15.9. The van der Waals surface area contributed by atoms with Crippen LogP contribution in [0.25, 0.3) is 0 Å². The van der Waals surface area contributed by atoms with E-state index in [2.05, 4.69) is 10.6 Å². The Kier molecular flexibility index (Phi) is 4.99. The summed E-state index contributed by atoms with van der Waals surface area (Å²) in [5.41, 5.74) is 1.41. The Hall–Kier alpha value is -2.98. The number of carbonyl (C=O) groups is 1. The Morgan fingerprint density at radius 1 is 0.708 bits per heavy atom. The van der Waals surface area contributed by atoms with Crippen molar-refractivity contribution in [1.82, 2.24) is 0 Å². The van der Waals surface area contributed by atoms with Crippen molar-refractivity contribution in [3.05, 3.63) is 83.9 Å². The maximum absolute atomic E-state index is 11.9. The van der Waals surface area contributed by atoms with E-state index in [1.165, 1.54) is 0 Å². The van der Waals surface area contributed by atoms with Crippen LogP contribution in [0, 0.1) is 0 Å². The van der Waals surface area contributed by atoms with Crippen LogP contribution in [0.5, 0.6) is 11.5 Å². The number of hydrogen-bond acceptors (Lipinski definition) is 2. The normalized spacial score (nSPS) is 10.0. The number of benzene rings is 3. The van der Waals surface area contributed by atoms with Gasteiger partial charge in [0.2, 0.25) is 0 Å². The number of carbonyl (C=O) groups excluding carboxylic acids is 1. The summed E-state index contributed by atoms with van der Waals surface area (Å²) in [6, 6.07) is 23.2. The highest BCUT2D eigenvalue weighted by atomic mass is 35.5. The van der Waals surface area contributed by atoms with Crippen LogP contribution in [0.4, 0.5) is 16.2 Å². The van der Waals surface area contributed by atoms with Crippen LogP contribution < -0.4 is 15.4 Å². The van der Waals surface area contributed by atoms with Crippen molar-refractivity contribution >= 4 is 29.0 Å². The molecule has 2 N–H and O–H groups in total. The van der Waals surface area contributed by atoms with Crippen LogP contribution >= 0.6 is 11.6 Å². The molecule has 0 aliphatic rings. The Morgan fingerprint density at radius 3 is 1.79 bits per heavy atom. The first-order chi connectivity index (χ1) is 11.7. The van der Waals surface area contributed by atoms with Gasteiger partial charge >= 0.3 is 6.03 Å². The highest BCUT2D eigenvalue weighted by Crippen LogP contribution is 2.24. The fraction of sp³-hybridized carbons (Fsp3) is 0. The molecule has 0 aliphatic carbocycles. The van der Waals surface area contributed by atoms with Crippen LogP contribution in [-0.4, -0.2) is 6.03 Å². The summed E-state index contributed by atoms with van der Waals surface area (Å²) in [6.07, 6.45) is 0. The molecule has 120 valence electrons. The minimum absolute atomic E-state index is 0.299. The lowest BCUT2D eigenvalue weighted by atomic mass is 10.3. The zero-order valence-corrected chi connectivity index (χ0v) is 13.5. The van der Waals surface area contributed by atoms with E-state index in [0.29, 0.717) is 22.2 Å². The zero-order chi connectivity index (χ0) is 16.8. The average Bonchev–Trinajstić information content (AvgIpc) is 2.59. The SMILES string of the molecule is O=C(Nc1ccccc1)Nc1ccc(Oc2ccc(Cl)cc2)cc1. The fourth-order valence-corrected chi connectivity index (χ4v) is 2.19. The van der Waals surface area contributed by atoms with Crippen LogP contribution in [-0.2, 0) is 0 Å². The second kappa shape index (κ2) is 7.53. The second-order valence-electron chi connectivity index (χ2n) is 5.03. The molecule has 3 rings (SSSR count). The van der Waals surface area contributed by atoms with Crippen LogP contribution in [0.15, 0.2) is 78.9 Å². The summed E-state index contributed by atoms with van der Waals surface area (Å²) in [7, 11) is 0. The summed E-state index contributed by atoms with van der Waals surface area (Å²) in [4.78, 5) is 11.9. The molecular formula is C19H15ClN2O2. The van der Waals surface area contributed by atoms with Crippen LogP contribution in [0.3, 0.4) is 0 Å². The van der Waals surface area contributed by atoms with Crippen molar-refractivity contribution in [2.45, 2.75) is 0 Å². The molecule has 0 saturated carbocycles. The summed E-state index contributed by atoms with van der Waals surface area (Å²) >= 11 is 5.84. The molecule has 0 aromatic heterocycles. The minimum Gasteiger partial charge on any atom is -0.457 e. The number of anilines is 2. The number of para-hydroxylation sites is 1. The lowest BCUT2D eigenvalue weighted by Gasteiger charge is -2.09. The van der Waals surface area contributed by atoms with Gasteiger partial charge in [-0.3, -0.25) is 0 Å². The smallest absolute Gasteiger partial charge is 0.323 e. The average molecular weight is 339 g/mol. The van der Waals surface area contributed by atoms with Gasteiger partial charge < -0.3 is 15.4 Å². The topological polar surface area (TPSA) is 50.4 Å². The monoisotopic (exact) mass is 338 g/mol. The third-order valence-corrected chi connectivity index (χ3v) is 3.45. The van der Waals surface area contributed by atoms with E-state index in [4.69, 9.17) is 16.3 Å². The summed E-state index contributed by atoms with van der Waals surface area (Å²) in [5, 5.41) is 6.18. The quantitative estimate of drug-likeness (QED) is 0.633. The summed E-state index contributed by atoms with van der Waals surface area (Å²) in [6.45, 7) is 0. The molecule has 5 heteroatoms. The van der Waals surface area contributed by atoms with Crippen LogP contribution in [0.1, 0.15) is 0 Å². The molecule has 0 unspecified atom stereocenters. The predicted octanol–water partition coefficient (Wildman–Crippen LogP) is 5.78. The first-order valence-electron chi connectivity index (χ1n) is 7.35. The lowest BCUT2D eigenvalue weighted by Crippen LogP contribution is -2.19. The number of amides is 2. The Morgan fingerprint density at radius 2 is 1.21 bits per heavy atom. The summed E-state index contributed by atoms with van der Waals surface area (Å²) in [5.74, 6) is 1.37. The molecule has 0 aliphatic heterocycles. The molecule has 4 nitrogen and oxygen atoms in total. The Labute approximate surface area is 145 Å². The minimum atomic E-state index is -0.299. The fourth-order valence-electron chi connectivity index (χ4n) is 2.06. The highest BCUT2D eigenvalue weighted by molar-refractivity contribution is 6.30. The molecule has 0 fully saturated rings. The summed E-state index contributed by atoms with van der Waals surface area (Å²) < 4.78 is 5.70. The number of urea groups is 1.